The largest absolute Gasteiger partial charge is 0.452 e. The Hall–Kier alpha value is -2.91. The van der Waals surface area contributed by atoms with E-state index < -0.39 is 28.5 Å². The van der Waals surface area contributed by atoms with Crippen LogP contribution in [0.3, 0.4) is 0 Å². The van der Waals surface area contributed by atoms with Crippen LogP contribution >= 0.6 is 0 Å². The molecule has 0 aliphatic carbocycles. The van der Waals surface area contributed by atoms with Crippen molar-refractivity contribution in [2.75, 3.05) is 38.0 Å². The molecule has 0 saturated heterocycles. The van der Waals surface area contributed by atoms with Crippen molar-refractivity contribution < 1.29 is 22.7 Å². The predicted octanol–water partition coefficient (Wildman–Crippen LogP) is 1.46. The minimum absolute atomic E-state index is 0.0365. The zero-order chi connectivity index (χ0) is 20.0. The number of hydrogen-bond donors (Lipinski definition) is 2. The van der Waals surface area contributed by atoms with Crippen LogP contribution in [-0.2, 0) is 19.6 Å². The van der Waals surface area contributed by atoms with E-state index >= 15 is 0 Å². The third-order valence-electron chi connectivity index (χ3n) is 3.65. The van der Waals surface area contributed by atoms with E-state index in [-0.39, 0.29) is 10.5 Å². The minimum Gasteiger partial charge on any atom is -0.452 e. The van der Waals surface area contributed by atoms with Crippen molar-refractivity contribution in [3.8, 4) is 0 Å². The summed E-state index contributed by atoms with van der Waals surface area (Å²) in [5.41, 5.74) is 1.59. The smallest absolute Gasteiger partial charge is 0.338 e. The summed E-state index contributed by atoms with van der Waals surface area (Å²) in [5.74, 6) is -1.29. The SMILES string of the molecule is CNS(=O)(=O)c1cccc(C(=O)OCC(=O)Nc2ccc(N(C)C)cc2)c1. The average Bonchev–Trinajstić information content (AvgIpc) is 2.66. The monoisotopic (exact) mass is 391 g/mol. The summed E-state index contributed by atoms with van der Waals surface area (Å²) in [7, 11) is 1.41. The standard InChI is InChI=1S/C18H21N3O5S/c1-19-27(24,25)16-6-4-5-13(11-16)18(23)26-12-17(22)20-14-7-9-15(10-8-14)21(2)3/h4-11,19H,12H2,1-3H3,(H,20,22). The lowest BCUT2D eigenvalue weighted by Gasteiger charge is -2.13. The number of amides is 1. The predicted molar refractivity (Wildman–Crippen MR) is 102 cm³/mol. The van der Waals surface area contributed by atoms with E-state index in [4.69, 9.17) is 4.74 Å². The number of carbonyl (C=O) groups excluding carboxylic acids is 2. The Kier molecular flexibility index (Phi) is 6.54. The Morgan fingerprint density at radius 1 is 1.07 bits per heavy atom. The first kappa shape index (κ1) is 20.4. The fourth-order valence-corrected chi connectivity index (χ4v) is 2.94. The summed E-state index contributed by atoms with van der Waals surface area (Å²) >= 11 is 0. The highest BCUT2D eigenvalue weighted by molar-refractivity contribution is 7.89. The molecule has 0 aromatic heterocycles. The Balaban J connectivity index is 1.95. The van der Waals surface area contributed by atoms with Gasteiger partial charge in [0.05, 0.1) is 10.5 Å². The zero-order valence-corrected chi connectivity index (χ0v) is 16.0. The van der Waals surface area contributed by atoms with Gasteiger partial charge in [0.25, 0.3) is 5.91 Å². The topological polar surface area (TPSA) is 105 Å². The Labute approximate surface area is 158 Å². The fourth-order valence-electron chi connectivity index (χ4n) is 2.16. The highest BCUT2D eigenvalue weighted by Gasteiger charge is 2.16. The van der Waals surface area contributed by atoms with Crippen LogP contribution in [0.5, 0.6) is 0 Å². The number of sulfonamides is 1. The fraction of sp³-hybridized carbons (Fsp3) is 0.222. The minimum atomic E-state index is -3.68. The molecule has 27 heavy (non-hydrogen) atoms. The van der Waals surface area contributed by atoms with Gasteiger partial charge in [-0.1, -0.05) is 6.07 Å². The Morgan fingerprint density at radius 2 is 1.74 bits per heavy atom. The van der Waals surface area contributed by atoms with Crippen LogP contribution in [-0.4, -0.2) is 48.0 Å². The number of esters is 1. The molecule has 0 saturated carbocycles. The van der Waals surface area contributed by atoms with Crippen molar-refractivity contribution in [3.63, 3.8) is 0 Å². The van der Waals surface area contributed by atoms with E-state index in [2.05, 4.69) is 10.0 Å². The summed E-state index contributed by atoms with van der Waals surface area (Å²) in [4.78, 5) is 25.9. The van der Waals surface area contributed by atoms with Gasteiger partial charge in [-0.25, -0.2) is 17.9 Å². The molecular formula is C18H21N3O5S. The molecule has 0 heterocycles. The van der Waals surface area contributed by atoms with Gasteiger partial charge in [-0.3, -0.25) is 4.79 Å². The number of anilines is 2. The van der Waals surface area contributed by atoms with E-state index in [9.17, 15) is 18.0 Å². The summed E-state index contributed by atoms with van der Waals surface area (Å²) in [6.45, 7) is -0.489. The Bertz CT molecular complexity index is 924. The van der Waals surface area contributed by atoms with Crippen LogP contribution in [0.2, 0.25) is 0 Å². The number of rotatable bonds is 7. The van der Waals surface area contributed by atoms with Gasteiger partial charge in [-0.05, 0) is 49.5 Å². The van der Waals surface area contributed by atoms with Crippen LogP contribution in [0.15, 0.2) is 53.4 Å². The van der Waals surface area contributed by atoms with Gasteiger partial charge in [-0.15, -0.1) is 0 Å². The number of carbonyl (C=O) groups is 2. The van der Waals surface area contributed by atoms with Crippen molar-refractivity contribution in [2.24, 2.45) is 0 Å². The molecule has 144 valence electrons. The van der Waals surface area contributed by atoms with E-state index in [1.807, 2.05) is 31.1 Å². The molecule has 0 radical (unpaired) electrons. The quantitative estimate of drug-likeness (QED) is 0.693. The first-order valence-electron chi connectivity index (χ1n) is 8.01. The second-order valence-corrected chi connectivity index (χ2v) is 7.69. The van der Waals surface area contributed by atoms with Crippen LogP contribution < -0.4 is 14.9 Å². The summed E-state index contributed by atoms with van der Waals surface area (Å²) < 4.78 is 30.7. The Morgan fingerprint density at radius 3 is 2.33 bits per heavy atom. The van der Waals surface area contributed by atoms with Gasteiger partial charge in [0.1, 0.15) is 0 Å². The van der Waals surface area contributed by atoms with Crippen molar-refractivity contribution >= 4 is 33.3 Å². The van der Waals surface area contributed by atoms with Crippen LogP contribution in [0.25, 0.3) is 0 Å². The third kappa shape index (κ3) is 5.53. The lowest BCUT2D eigenvalue weighted by atomic mass is 10.2. The number of hydrogen-bond acceptors (Lipinski definition) is 6. The molecule has 0 unspecified atom stereocenters. The number of ether oxygens (including phenoxy) is 1. The van der Waals surface area contributed by atoms with Gasteiger partial charge in [-0.2, -0.15) is 0 Å². The molecule has 2 aromatic carbocycles. The first-order chi connectivity index (χ1) is 12.7. The van der Waals surface area contributed by atoms with E-state index in [1.165, 1.54) is 31.3 Å². The highest BCUT2D eigenvalue weighted by Crippen LogP contribution is 2.16. The second-order valence-electron chi connectivity index (χ2n) is 5.80. The number of nitrogens with zero attached hydrogens (tertiary/aromatic N) is 1. The third-order valence-corrected chi connectivity index (χ3v) is 5.06. The molecule has 0 bridgehead atoms. The summed E-state index contributed by atoms with van der Waals surface area (Å²) in [6, 6.07) is 12.5. The van der Waals surface area contributed by atoms with Crippen molar-refractivity contribution in [1.82, 2.24) is 4.72 Å². The molecule has 0 aliphatic rings. The van der Waals surface area contributed by atoms with Gasteiger partial charge >= 0.3 is 5.97 Å². The van der Waals surface area contributed by atoms with E-state index in [0.29, 0.717) is 5.69 Å². The molecular weight excluding hydrogens is 370 g/mol. The maximum absolute atomic E-state index is 12.1. The lowest BCUT2D eigenvalue weighted by molar-refractivity contribution is -0.119. The molecule has 2 N–H and O–H groups in total. The van der Waals surface area contributed by atoms with E-state index in [1.54, 1.807) is 12.1 Å². The van der Waals surface area contributed by atoms with Gasteiger partial charge in [0.15, 0.2) is 6.61 Å². The molecule has 8 nitrogen and oxygen atoms in total. The van der Waals surface area contributed by atoms with Crippen molar-refractivity contribution in [2.45, 2.75) is 4.90 Å². The molecule has 0 aliphatic heterocycles. The second kappa shape index (κ2) is 8.65. The van der Waals surface area contributed by atoms with E-state index in [0.717, 1.165) is 5.69 Å². The van der Waals surface area contributed by atoms with Gasteiger partial charge in [0.2, 0.25) is 10.0 Å². The molecule has 0 fully saturated rings. The molecule has 1 amide bonds. The van der Waals surface area contributed by atoms with Crippen molar-refractivity contribution in [1.29, 1.82) is 0 Å². The summed E-state index contributed by atoms with van der Waals surface area (Å²) in [5, 5.41) is 2.62. The zero-order valence-electron chi connectivity index (χ0n) is 15.2. The van der Waals surface area contributed by atoms with Crippen LogP contribution in [0.4, 0.5) is 11.4 Å². The molecule has 0 atom stereocenters. The van der Waals surface area contributed by atoms with Crippen LogP contribution in [0.1, 0.15) is 10.4 Å². The van der Waals surface area contributed by atoms with Crippen molar-refractivity contribution in [3.05, 3.63) is 54.1 Å². The first-order valence-corrected chi connectivity index (χ1v) is 9.49. The van der Waals surface area contributed by atoms with Gasteiger partial charge in [0, 0.05) is 25.5 Å². The molecule has 2 aromatic rings. The average molecular weight is 391 g/mol. The summed E-state index contributed by atoms with van der Waals surface area (Å²) in [6.07, 6.45) is 0. The van der Waals surface area contributed by atoms with Crippen LogP contribution in [0, 0.1) is 0 Å². The van der Waals surface area contributed by atoms with Gasteiger partial charge < -0.3 is 15.0 Å². The molecule has 0 spiro atoms. The molecule has 2 rings (SSSR count). The lowest BCUT2D eigenvalue weighted by Crippen LogP contribution is -2.22. The number of nitrogens with one attached hydrogen (secondary N) is 2. The highest BCUT2D eigenvalue weighted by atomic mass is 32.2. The normalized spacial score (nSPS) is 10.9. The number of benzene rings is 2. The maximum atomic E-state index is 12.1. The maximum Gasteiger partial charge on any atom is 0.338 e. The molecule has 9 heteroatoms.